The van der Waals surface area contributed by atoms with E-state index in [1.54, 1.807) is 6.20 Å². The van der Waals surface area contributed by atoms with Crippen LogP contribution in [0.25, 0.3) is 11.0 Å². The van der Waals surface area contributed by atoms with Crippen LogP contribution in [0.1, 0.15) is 45.0 Å². The smallest absolute Gasteiger partial charge is 0.239 e. The van der Waals surface area contributed by atoms with Gasteiger partial charge in [-0.15, -0.1) is 11.3 Å². The summed E-state index contributed by atoms with van der Waals surface area (Å²) in [5.74, 6) is -0.00972. The van der Waals surface area contributed by atoms with Gasteiger partial charge in [-0.1, -0.05) is 32.9 Å². The Kier molecular flexibility index (Phi) is 2.98. The molecule has 1 aromatic carbocycles. The van der Waals surface area contributed by atoms with E-state index >= 15 is 0 Å². The molecule has 2 aliphatic rings. The minimum absolute atomic E-state index is 0.00972. The Labute approximate surface area is 155 Å². The van der Waals surface area contributed by atoms with Crippen LogP contribution in [0.4, 0.5) is 5.13 Å². The van der Waals surface area contributed by atoms with Crippen molar-refractivity contribution in [3.05, 3.63) is 47.2 Å². The summed E-state index contributed by atoms with van der Waals surface area (Å²) in [4.78, 5) is 27.7. The summed E-state index contributed by atoms with van der Waals surface area (Å²) in [5, 5.41) is 5.55. The SMILES string of the molecule is CC1(C)[C@]2(C)CC[C@@]1(C(=O)Nc1nccs1)c1nc3ccccc3nc12. The van der Waals surface area contributed by atoms with Crippen LogP contribution in [0, 0.1) is 5.41 Å². The van der Waals surface area contributed by atoms with Gasteiger partial charge in [0.1, 0.15) is 0 Å². The highest BCUT2D eigenvalue weighted by molar-refractivity contribution is 7.13. The van der Waals surface area contributed by atoms with Crippen LogP contribution < -0.4 is 5.32 Å². The molecule has 5 nitrogen and oxygen atoms in total. The maximum atomic E-state index is 13.5. The molecule has 0 spiro atoms. The van der Waals surface area contributed by atoms with Crippen LogP contribution in [-0.4, -0.2) is 20.9 Å². The number of hydrogen-bond donors (Lipinski definition) is 1. The fourth-order valence-corrected chi connectivity index (χ4v) is 5.56. The summed E-state index contributed by atoms with van der Waals surface area (Å²) in [6.45, 7) is 6.62. The standard InChI is InChI=1S/C20H20N4OS/c1-18(2)19(3)8-9-20(18,16(25)24-17-21-10-11-26-17)15-14(19)22-12-6-4-5-7-13(12)23-15/h4-7,10-11H,8-9H2,1-3H3,(H,21,24,25)/t19-,20+/m1/s1. The molecule has 26 heavy (non-hydrogen) atoms. The summed E-state index contributed by atoms with van der Waals surface area (Å²) in [6.07, 6.45) is 3.43. The first kappa shape index (κ1) is 15.9. The molecular formula is C20H20N4OS. The molecule has 2 aliphatic carbocycles. The fourth-order valence-electron chi connectivity index (χ4n) is 5.04. The molecule has 0 saturated heterocycles. The Morgan fingerprint density at radius 1 is 1.08 bits per heavy atom. The number of aromatic nitrogens is 3. The van der Waals surface area contributed by atoms with Gasteiger partial charge < -0.3 is 5.32 Å². The fraction of sp³-hybridized carbons (Fsp3) is 0.400. The van der Waals surface area contributed by atoms with E-state index in [1.807, 2.05) is 29.6 Å². The maximum absolute atomic E-state index is 13.5. The van der Waals surface area contributed by atoms with E-state index in [9.17, 15) is 4.79 Å². The van der Waals surface area contributed by atoms with Crippen LogP contribution in [0.15, 0.2) is 35.8 Å². The molecule has 2 heterocycles. The lowest BCUT2D eigenvalue weighted by atomic mass is 9.63. The number of fused-ring (bicyclic) bond motifs is 6. The van der Waals surface area contributed by atoms with E-state index in [0.717, 1.165) is 35.3 Å². The second-order valence-electron chi connectivity index (χ2n) is 8.06. The van der Waals surface area contributed by atoms with Gasteiger partial charge >= 0.3 is 0 Å². The molecule has 1 N–H and O–H groups in total. The van der Waals surface area contributed by atoms with Gasteiger partial charge in [-0.2, -0.15) is 0 Å². The van der Waals surface area contributed by atoms with E-state index in [1.165, 1.54) is 11.3 Å². The zero-order valence-corrected chi connectivity index (χ0v) is 15.9. The molecule has 3 aromatic rings. The molecule has 2 atom stereocenters. The number of anilines is 1. The third-order valence-electron chi connectivity index (χ3n) is 6.98. The Morgan fingerprint density at radius 2 is 1.77 bits per heavy atom. The second-order valence-corrected chi connectivity index (χ2v) is 8.96. The number of carbonyl (C=O) groups excluding carboxylic acids is 1. The van der Waals surface area contributed by atoms with Crippen molar-refractivity contribution in [2.24, 2.45) is 5.41 Å². The normalized spacial score (nSPS) is 28.3. The van der Waals surface area contributed by atoms with Crippen molar-refractivity contribution in [1.29, 1.82) is 0 Å². The highest BCUT2D eigenvalue weighted by Gasteiger charge is 2.73. The van der Waals surface area contributed by atoms with Gasteiger partial charge in [0.25, 0.3) is 0 Å². The Balaban J connectivity index is 1.75. The lowest BCUT2D eigenvalue weighted by Crippen LogP contribution is -2.48. The molecule has 1 saturated carbocycles. The maximum Gasteiger partial charge on any atom is 0.239 e. The molecule has 132 valence electrons. The van der Waals surface area contributed by atoms with E-state index in [4.69, 9.17) is 9.97 Å². The monoisotopic (exact) mass is 364 g/mol. The van der Waals surface area contributed by atoms with Gasteiger partial charge in [0.2, 0.25) is 5.91 Å². The predicted octanol–water partition coefficient (Wildman–Crippen LogP) is 4.05. The highest BCUT2D eigenvalue weighted by atomic mass is 32.1. The largest absolute Gasteiger partial charge is 0.301 e. The quantitative estimate of drug-likeness (QED) is 0.745. The number of thiazole rings is 1. The summed E-state index contributed by atoms with van der Waals surface area (Å²) in [6, 6.07) is 7.91. The first-order valence-electron chi connectivity index (χ1n) is 8.89. The third kappa shape index (κ3) is 1.66. The van der Waals surface area contributed by atoms with Crippen molar-refractivity contribution >= 4 is 33.4 Å². The van der Waals surface area contributed by atoms with Gasteiger partial charge in [-0.05, 0) is 30.4 Å². The number of amides is 1. The zero-order valence-electron chi connectivity index (χ0n) is 15.0. The number of nitrogens with one attached hydrogen (secondary N) is 1. The lowest BCUT2D eigenvalue weighted by molar-refractivity contribution is -0.125. The van der Waals surface area contributed by atoms with E-state index in [0.29, 0.717) is 5.13 Å². The van der Waals surface area contributed by atoms with Crippen LogP contribution >= 0.6 is 11.3 Å². The van der Waals surface area contributed by atoms with Gasteiger partial charge in [0.15, 0.2) is 5.13 Å². The predicted molar refractivity (Wildman–Crippen MR) is 102 cm³/mol. The van der Waals surface area contributed by atoms with Crippen LogP contribution in [-0.2, 0) is 15.6 Å². The van der Waals surface area contributed by atoms with Gasteiger partial charge in [-0.25, -0.2) is 15.0 Å². The molecule has 5 rings (SSSR count). The first-order valence-corrected chi connectivity index (χ1v) is 9.77. The number of hydrogen-bond acceptors (Lipinski definition) is 5. The molecule has 0 unspecified atom stereocenters. The Bertz CT molecular complexity index is 1050. The van der Waals surface area contributed by atoms with E-state index in [2.05, 4.69) is 31.1 Å². The number of benzene rings is 1. The molecule has 2 bridgehead atoms. The number of para-hydroxylation sites is 2. The van der Waals surface area contributed by atoms with Gasteiger partial charge in [0.05, 0.1) is 27.8 Å². The van der Waals surface area contributed by atoms with Crippen molar-refractivity contribution in [3.63, 3.8) is 0 Å². The molecule has 0 aliphatic heterocycles. The molecule has 1 amide bonds. The molecule has 6 heteroatoms. The second kappa shape index (κ2) is 4.88. The molecule has 0 radical (unpaired) electrons. The zero-order chi connectivity index (χ0) is 18.2. The van der Waals surface area contributed by atoms with Gasteiger partial charge in [0, 0.05) is 17.0 Å². The average Bonchev–Trinajstić information content (AvgIpc) is 3.23. The lowest BCUT2D eigenvalue weighted by Gasteiger charge is -2.39. The summed E-state index contributed by atoms with van der Waals surface area (Å²) in [7, 11) is 0. The third-order valence-corrected chi connectivity index (χ3v) is 7.67. The Morgan fingerprint density at radius 3 is 2.42 bits per heavy atom. The number of rotatable bonds is 2. The van der Waals surface area contributed by atoms with Crippen LogP contribution in [0.2, 0.25) is 0 Å². The summed E-state index contributed by atoms with van der Waals surface area (Å²) >= 11 is 1.44. The van der Waals surface area contributed by atoms with Crippen LogP contribution in [0.5, 0.6) is 0 Å². The van der Waals surface area contributed by atoms with E-state index in [-0.39, 0.29) is 16.7 Å². The summed E-state index contributed by atoms with van der Waals surface area (Å²) < 4.78 is 0. The van der Waals surface area contributed by atoms with E-state index < -0.39 is 5.41 Å². The highest BCUT2D eigenvalue weighted by Crippen LogP contribution is 2.70. The molecule has 1 fully saturated rings. The molecule has 2 aromatic heterocycles. The summed E-state index contributed by atoms with van der Waals surface area (Å²) in [5.41, 5.74) is 2.46. The first-order chi connectivity index (χ1) is 12.4. The molecular weight excluding hydrogens is 344 g/mol. The minimum atomic E-state index is -0.681. The van der Waals surface area contributed by atoms with Crippen molar-refractivity contribution < 1.29 is 4.79 Å². The van der Waals surface area contributed by atoms with Crippen molar-refractivity contribution in [3.8, 4) is 0 Å². The van der Waals surface area contributed by atoms with Crippen LogP contribution in [0.3, 0.4) is 0 Å². The number of carbonyl (C=O) groups is 1. The minimum Gasteiger partial charge on any atom is -0.301 e. The van der Waals surface area contributed by atoms with Crippen molar-refractivity contribution in [1.82, 2.24) is 15.0 Å². The number of nitrogens with zero attached hydrogens (tertiary/aromatic N) is 3. The average molecular weight is 364 g/mol. The topological polar surface area (TPSA) is 67.8 Å². The van der Waals surface area contributed by atoms with Gasteiger partial charge in [-0.3, -0.25) is 4.79 Å². The van der Waals surface area contributed by atoms with Crippen molar-refractivity contribution in [2.75, 3.05) is 5.32 Å². The Hall–Kier alpha value is -2.34. The van der Waals surface area contributed by atoms with Crippen molar-refractivity contribution in [2.45, 2.75) is 44.4 Å².